The summed E-state index contributed by atoms with van der Waals surface area (Å²) in [6.45, 7) is 1.71. The molecular formula is C18H15ClFN3O2. The van der Waals surface area contributed by atoms with Gasteiger partial charge in [0.05, 0.1) is 15.9 Å². The molecule has 1 amide bonds. The SMILES string of the molecule is CCc1nc(OCC(=O)Nc2ccc(F)c(Cl)c2)c2ccccc2n1. The summed E-state index contributed by atoms with van der Waals surface area (Å²) in [4.78, 5) is 20.8. The van der Waals surface area contributed by atoms with Crippen LogP contribution < -0.4 is 10.1 Å². The standard InChI is InChI=1S/C18H15ClFN3O2/c1-2-16-22-15-6-4-3-5-12(15)18(23-16)25-10-17(24)21-11-7-8-14(20)13(19)9-11/h3-9H,2,10H2,1H3,(H,21,24). The van der Waals surface area contributed by atoms with Crippen LogP contribution in [0.3, 0.4) is 0 Å². The van der Waals surface area contributed by atoms with Gasteiger partial charge in [0.25, 0.3) is 5.91 Å². The van der Waals surface area contributed by atoms with Crippen LogP contribution in [-0.2, 0) is 11.2 Å². The largest absolute Gasteiger partial charge is 0.467 e. The van der Waals surface area contributed by atoms with Gasteiger partial charge in [-0.05, 0) is 30.3 Å². The molecule has 0 unspecified atom stereocenters. The molecule has 1 aromatic heterocycles. The van der Waals surface area contributed by atoms with Gasteiger partial charge in [0.2, 0.25) is 5.88 Å². The van der Waals surface area contributed by atoms with E-state index in [4.69, 9.17) is 16.3 Å². The zero-order valence-corrected chi connectivity index (χ0v) is 14.2. The van der Waals surface area contributed by atoms with Gasteiger partial charge < -0.3 is 10.1 Å². The Bertz CT molecular complexity index is 933. The number of aromatic nitrogens is 2. The number of carbonyl (C=O) groups excluding carboxylic acids is 1. The van der Waals surface area contributed by atoms with E-state index in [1.165, 1.54) is 18.2 Å². The number of halogens is 2. The Balaban J connectivity index is 1.73. The number of nitrogens with zero attached hydrogens (tertiary/aromatic N) is 2. The third-order valence-corrected chi connectivity index (χ3v) is 3.76. The molecule has 2 aromatic carbocycles. The summed E-state index contributed by atoms with van der Waals surface area (Å²) in [7, 11) is 0. The molecule has 3 rings (SSSR count). The summed E-state index contributed by atoms with van der Waals surface area (Å²) in [6, 6.07) is 11.4. The highest BCUT2D eigenvalue weighted by Crippen LogP contribution is 2.23. The van der Waals surface area contributed by atoms with Crippen LogP contribution in [0.15, 0.2) is 42.5 Å². The Morgan fingerprint density at radius 2 is 2.04 bits per heavy atom. The number of carbonyl (C=O) groups is 1. The number of fused-ring (bicyclic) bond motifs is 1. The van der Waals surface area contributed by atoms with Gasteiger partial charge in [-0.2, -0.15) is 4.98 Å². The van der Waals surface area contributed by atoms with Crippen LogP contribution in [0.25, 0.3) is 10.9 Å². The second kappa shape index (κ2) is 7.44. The highest BCUT2D eigenvalue weighted by atomic mass is 35.5. The van der Waals surface area contributed by atoms with Crippen LogP contribution in [0, 0.1) is 5.82 Å². The molecule has 0 fully saturated rings. The van der Waals surface area contributed by atoms with Crippen molar-refractivity contribution in [3.05, 3.63) is 59.1 Å². The maximum atomic E-state index is 13.1. The summed E-state index contributed by atoms with van der Waals surface area (Å²) in [5.41, 5.74) is 1.15. The lowest BCUT2D eigenvalue weighted by Gasteiger charge is -2.10. The van der Waals surface area contributed by atoms with E-state index in [0.717, 1.165) is 10.9 Å². The molecule has 1 heterocycles. The van der Waals surface area contributed by atoms with E-state index in [-0.39, 0.29) is 11.6 Å². The van der Waals surface area contributed by atoms with Crippen molar-refractivity contribution in [3.8, 4) is 5.88 Å². The summed E-state index contributed by atoms with van der Waals surface area (Å²) in [5, 5.41) is 3.27. The second-order valence-corrected chi connectivity index (χ2v) is 5.69. The fraction of sp³-hybridized carbons (Fsp3) is 0.167. The smallest absolute Gasteiger partial charge is 0.262 e. The lowest BCUT2D eigenvalue weighted by Crippen LogP contribution is -2.20. The number of benzene rings is 2. The number of hydrogen-bond donors (Lipinski definition) is 1. The van der Waals surface area contributed by atoms with Gasteiger partial charge in [-0.25, -0.2) is 9.37 Å². The number of nitrogens with one attached hydrogen (secondary N) is 1. The first kappa shape index (κ1) is 17.1. The van der Waals surface area contributed by atoms with Crippen LogP contribution in [-0.4, -0.2) is 22.5 Å². The molecule has 7 heteroatoms. The Kier molecular flexibility index (Phi) is 5.09. The van der Waals surface area contributed by atoms with E-state index < -0.39 is 11.7 Å². The number of amides is 1. The van der Waals surface area contributed by atoms with E-state index in [1.807, 2.05) is 31.2 Å². The van der Waals surface area contributed by atoms with Crippen molar-refractivity contribution < 1.29 is 13.9 Å². The number of hydrogen-bond acceptors (Lipinski definition) is 4. The number of anilines is 1. The number of aryl methyl sites for hydroxylation is 1. The Morgan fingerprint density at radius 3 is 2.80 bits per heavy atom. The van der Waals surface area contributed by atoms with E-state index in [0.29, 0.717) is 23.8 Å². The molecule has 0 aliphatic heterocycles. The molecule has 3 aromatic rings. The number of rotatable bonds is 5. The molecule has 0 saturated heterocycles. The highest BCUT2D eigenvalue weighted by Gasteiger charge is 2.11. The van der Waals surface area contributed by atoms with Gasteiger partial charge in [0.15, 0.2) is 6.61 Å². The van der Waals surface area contributed by atoms with Gasteiger partial charge >= 0.3 is 0 Å². The molecule has 0 aliphatic carbocycles. The average Bonchev–Trinajstić information content (AvgIpc) is 2.62. The minimum absolute atomic E-state index is 0.0619. The van der Waals surface area contributed by atoms with Gasteiger partial charge in [0.1, 0.15) is 11.6 Å². The Labute approximate surface area is 148 Å². The zero-order valence-electron chi connectivity index (χ0n) is 13.4. The first-order valence-corrected chi connectivity index (χ1v) is 8.08. The lowest BCUT2D eigenvalue weighted by atomic mass is 10.2. The van der Waals surface area contributed by atoms with Crippen LogP contribution in [0.4, 0.5) is 10.1 Å². The number of ether oxygens (including phenoxy) is 1. The van der Waals surface area contributed by atoms with Gasteiger partial charge in [-0.15, -0.1) is 0 Å². The normalized spacial score (nSPS) is 10.7. The van der Waals surface area contributed by atoms with Crippen LogP contribution in [0.1, 0.15) is 12.7 Å². The fourth-order valence-corrected chi connectivity index (χ4v) is 2.45. The molecule has 0 radical (unpaired) electrons. The predicted molar refractivity (Wildman–Crippen MR) is 94.5 cm³/mol. The molecule has 0 spiro atoms. The van der Waals surface area contributed by atoms with Crippen molar-refractivity contribution in [2.24, 2.45) is 0 Å². The van der Waals surface area contributed by atoms with Crippen LogP contribution in [0.5, 0.6) is 5.88 Å². The molecule has 0 aliphatic rings. The van der Waals surface area contributed by atoms with Crippen molar-refractivity contribution in [2.75, 3.05) is 11.9 Å². The van der Waals surface area contributed by atoms with Crippen molar-refractivity contribution in [1.82, 2.24) is 9.97 Å². The summed E-state index contributed by atoms with van der Waals surface area (Å²) in [5.74, 6) is 0.0491. The quantitative estimate of drug-likeness (QED) is 0.747. The van der Waals surface area contributed by atoms with Gasteiger partial charge in [0, 0.05) is 12.1 Å². The van der Waals surface area contributed by atoms with Gasteiger partial charge in [-0.1, -0.05) is 30.7 Å². The fourth-order valence-electron chi connectivity index (χ4n) is 2.27. The molecule has 5 nitrogen and oxygen atoms in total. The minimum atomic E-state index is -0.546. The van der Waals surface area contributed by atoms with E-state index in [1.54, 1.807) is 0 Å². The molecule has 1 N–H and O–H groups in total. The van der Waals surface area contributed by atoms with E-state index >= 15 is 0 Å². The molecule has 25 heavy (non-hydrogen) atoms. The number of para-hydroxylation sites is 1. The van der Waals surface area contributed by atoms with E-state index in [2.05, 4.69) is 15.3 Å². The van der Waals surface area contributed by atoms with Gasteiger partial charge in [-0.3, -0.25) is 4.79 Å². The summed E-state index contributed by atoms with van der Waals surface area (Å²) in [6.07, 6.45) is 0.654. The molecule has 0 bridgehead atoms. The molecule has 0 atom stereocenters. The van der Waals surface area contributed by atoms with E-state index in [9.17, 15) is 9.18 Å². The summed E-state index contributed by atoms with van der Waals surface area (Å²) < 4.78 is 18.7. The third kappa shape index (κ3) is 4.03. The topological polar surface area (TPSA) is 64.1 Å². The van der Waals surface area contributed by atoms with Crippen molar-refractivity contribution in [1.29, 1.82) is 0 Å². The first-order valence-electron chi connectivity index (χ1n) is 7.70. The first-order chi connectivity index (χ1) is 12.1. The van der Waals surface area contributed by atoms with Crippen molar-refractivity contribution >= 4 is 34.1 Å². The highest BCUT2D eigenvalue weighted by molar-refractivity contribution is 6.31. The Hall–Kier alpha value is -2.73. The Morgan fingerprint density at radius 1 is 1.24 bits per heavy atom. The third-order valence-electron chi connectivity index (χ3n) is 3.47. The van der Waals surface area contributed by atoms with Crippen molar-refractivity contribution in [3.63, 3.8) is 0 Å². The van der Waals surface area contributed by atoms with Crippen LogP contribution in [0.2, 0.25) is 5.02 Å². The molecular weight excluding hydrogens is 345 g/mol. The minimum Gasteiger partial charge on any atom is -0.467 e. The lowest BCUT2D eigenvalue weighted by molar-refractivity contribution is -0.118. The zero-order chi connectivity index (χ0) is 17.8. The average molecular weight is 360 g/mol. The molecule has 128 valence electrons. The maximum Gasteiger partial charge on any atom is 0.262 e. The maximum absolute atomic E-state index is 13.1. The summed E-state index contributed by atoms with van der Waals surface area (Å²) >= 11 is 5.69. The van der Waals surface area contributed by atoms with Crippen molar-refractivity contribution in [2.45, 2.75) is 13.3 Å². The predicted octanol–water partition coefficient (Wildman–Crippen LogP) is 4.00. The monoisotopic (exact) mass is 359 g/mol. The van der Waals surface area contributed by atoms with Crippen LogP contribution >= 0.6 is 11.6 Å². The molecule has 0 saturated carbocycles. The second-order valence-electron chi connectivity index (χ2n) is 5.28.